The third-order valence-electron chi connectivity index (χ3n) is 3.20. The van der Waals surface area contributed by atoms with Crippen LogP contribution in [0.2, 0.25) is 0 Å². The van der Waals surface area contributed by atoms with Crippen LogP contribution < -0.4 is 10.6 Å². The molecule has 0 radical (unpaired) electrons. The molecule has 2 unspecified atom stereocenters. The number of rotatable bonds is 6. The van der Waals surface area contributed by atoms with Crippen molar-refractivity contribution in [2.75, 3.05) is 20.3 Å². The quantitative estimate of drug-likeness (QED) is 0.754. The van der Waals surface area contributed by atoms with Gasteiger partial charge in [0.15, 0.2) is 0 Å². The summed E-state index contributed by atoms with van der Waals surface area (Å²) in [6.45, 7) is 6.21. The van der Waals surface area contributed by atoms with E-state index < -0.39 is 6.10 Å². The molecule has 1 aromatic carbocycles. The van der Waals surface area contributed by atoms with Crippen molar-refractivity contribution in [1.29, 1.82) is 0 Å². The molecule has 3 N–H and O–H groups in total. The lowest BCUT2D eigenvalue weighted by Crippen LogP contribution is -2.45. The van der Waals surface area contributed by atoms with Crippen LogP contribution in [0.3, 0.4) is 0 Å². The van der Waals surface area contributed by atoms with Gasteiger partial charge in [0.05, 0.1) is 18.8 Å². The number of carbonyl (C=O) groups excluding carboxylic acids is 1. The molecule has 0 aliphatic heterocycles. The largest absolute Gasteiger partial charge is 0.389 e. The molecular formula is C16H25FN2O3. The minimum Gasteiger partial charge on any atom is -0.389 e. The zero-order chi connectivity index (χ0) is 16.8. The van der Waals surface area contributed by atoms with E-state index in [4.69, 9.17) is 4.74 Å². The maximum absolute atomic E-state index is 13.1. The molecule has 0 fully saturated rings. The summed E-state index contributed by atoms with van der Waals surface area (Å²) >= 11 is 0. The van der Waals surface area contributed by atoms with E-state index in [-0.39, 0.29) is 36.5 Å². The summed E-state index contributed by atoms with van der Waals surface area (Å²) < 4.78 is 17.8. The van der Waals surface area contributed by atoms with E-state index in [9.17, 15) is 14.3 Å². The number of nitrogens with one attached hydrogen (secondary N) is 2. The molecule has 5 nitrogen and oxygen atoms in total. The number of amides is 2. The van der Waals surface area contributed by atoms with Crippen molar-refractivity contribution in [3.63, 3.8) is 0 Å². The molecule has 1 rings (SSSR count). The summed E-state index contributed by atoms with van der Waals surface area (Å²) in [5, 5.41) is 15.0. The van der Waals surface area contributed by atoms with Crippen LogP contribution in [0.1, 0.15) is 32.4 Å². The summed E-state index contributed by atoms with van der Waals surface area (Å²) in [5.74, 6) is -0.316. The summed E-state index contributed by atoms with van der Waals surface area (Å²) in [7, 11) is 1.48. The molecule has 0 aromatic heterocycles. The molecule has 2 amide bonds. The Morgan fingerprint density at radius 2 is 1.91 bits per heavy atom. The van der Waals surface area contributed by atoms with Crippen molar-refractivity contribution in [3.8, 4) is 0 Å². The zero-order valence-electron chi connectivity index (χ0n) is 13.5. The molecule has 124 valence electrons. The van der Waals surface area contributed by atoms with Crippen molar-refractivity contribution in [2.24, 2.45) is 5.41 Å². The van der Waals surface area contributed by atoms with Gasteiger partial charge in [0.1, 0.15) is 5.82 Å². The molecular weight excluding hydrogens is 287 g/mol. The molecule has 1 aromatic rings. The fourth-order valence-electron chi connectivity index (χ4n) is 2.10. The number of carbonyl (C=O) groups is 1. The van der Waals surface area contributed by atoms with Crippen molar-refractivity contribution in [3.05, 3.63) is 35.6 Å². The highest BCUT2D eigenvalue weighted by atomic mass is 19.1. The van der Waals surface area contributed by atoms with Crippen LogP contribution in [0.25, 0.3) is 0 Å². The van der Waals surface area contributed by atoms with Crippen LogP contribution >= 0.6 is 0 Å². The van der Waals surface area contributed by atoms with Gasteiger partial charge in [-0.3, -0.25) is 0 Å². The third-order valence-corrected chi connectivity index (χ3v) is 3.20. The summed E-state index contributed by atoms with van der Waals surface area (Å²) in [4.78, 5) is 12.0. The number of urea groups is 1. The van der Waals surface area contributed by atoms with Crippen LogP contribution in [0, 0.1) is 11.2 Å². The van der Waals surface area contributed by atoms with Gasteiger partial charge >= 0.3 is 6.03 Å². The van der Waals surface area contributed by atoms with Gasteiger partial charge in [-0.1, -0.05) is 32.9 Å². The Balaban J connectivity index is 2.70. The van der Waals surface area contributed by atoms with Gasteiger partial charge in [0.25, 0.3) is 0 Å². The van der Waals surface area contributed by atoms with Gasteiger partial charge in [-0.05, 0) is 23.1 Å². The highest BCUT2D eigenvalue weighted by Gasteiger charge is 2.28. The van der Waals surface area contributed by atoms with E-state index in [0.29, 0.717) is 0 Å². The van der Waals surface area contributed by atoms with Gasteiger partial charge < -0.3 is 20.5 Å². The number of hydrogen-bond donors (Lipinski definition) is 3. The highest BCUT2D eigenvalue weighted by molar-refractivity contribution is 5.74. The lowest BCUT2D eigenvalue weighted by Gasteiger charge is -2.32. The molecule has 0 saturated carbocycles. The maximum atomic E-state index is 13.1. The molecule has 0 saturated heterocycles. The number of hydrogen-bond acceptors (Lipinski definition) is 3. The number of benzene rings is 1. The Bertz CT molecular complexity index is 471. The molecule has 0 heterocycles. The van der Waals surface area contributed by atoms with Crippen molar-refractivity contribution >= 4 is 6.03 Å². The van der Waals surface area contributed by atoms with Crippen LogP contribution in [-0.4, -0.2) is 37.5 Å². The minimum absolute atomic E-state index is 0.0972. The average molecular weight is 312 g/mol. The second-order valence-electron chi connectivity index (χ2n) is 6.31. The van der Waals surface area contributed by atoms with E-state index in [1.165, 1.54) is 19.2 Å². The average Bonchev–Trinajstić information content (AvgIpc) is 2.43. The first-order chi connectivity index (χ1) is 10.2. The predicted octanol–water partition coefficient (Wildman–Crippen LogP) is 2.22. The Morgan fingerprint density at radius 3 is 2.41 bits per heavy atom. The number of aliphatic hydroxyl groups excluding tert-OH is 1. The van der Waals surface area contributed by atoms with Gasteiger partial charge in [0.2, 0.25) is 0 Å². The van der Waals surface area contributed by atoms with E-state index >= 15 is 0 Å². The fraction of sp³-hybridized carbons (Fsp3) is 0.562. The van der Waals surface area contributed by atoms with Crippen LogP contribution in [0.4, 0.5) is 9.18 Å². The Morgan fingerprint density at radius 1 is 1.32 bits per heavy atom. The lowest BCUT2D eigenvalue weighted by atomic mass is 9.82. The smallest absolute Gasteiger partial charge is 0.315 e. The monoisotopic (exact) mass is 312 g/mol. The molecule has 0 aliphatic carbocycles. The SMILES string of the molecule is COCC(O)CNC(=O)NC(c1ccc(F)cc1)C(C)(C)C. The first-order valence-electron chi connectivity index (χ1n) is 7.21. The highest BCUT2D eigenvalue weighted by Crippen LogP contribution is 2.32. The lowest BCUT2D eigenvalue weighted by molar-refractivity contribution is 0.0657. The van der Waals surface area contributed by atoms with Crippen molar-refractivity contribution in [2.45, 2.75) is 32.9 Å². The molecule has 6 heteroatoms. The number of methoxy groups -OCH3 is 1. The van der Waals surface area contributed by atoms with E-state index in [1.807, 2.05) is 20.8 Å². The van der Waals surface area contributed by atoms with Crippen molar-refractivity contribution in [1.82, 2.24) is 10.6 Å². The van der Waals surface area contributed by atoms with Gasteiger partial charge in [0, 0.05) is 13.7 Å². The fourth-order valence-corrected chi connectivity index (χ4v) is 2.10. The Labute approximate surface area is 130 Å². The number of halogens is 1. The van der Waals surface area contributed by atoms with Crippen molar-refractivity contribution < 1.29 is 19.0 Å². The molecule has 0 spiro atoms. The summed E-state index contributed by atoms with van der Waals surface area (Å²) in [6, 6.07) is 5.38. The molecule has 22 heavy (non-hydrogen) atoms. The second-order valence-corrected chi connectivity index (χ2v) is 6.31. The third kappa shape index (κ3) is 5.99. The van der Waals surface area contributed by atoms with Gasteiger partial charge in [-0.2, -0.15) is 0 Å². The topological polar surface area (TPSA) is 70.6 Å². The van der Waals surface area contributed by atoms with E-state index in [2.05, 4.69) is 10.6 Å². The summed E-state index contributed by atoms with van der Waals surface area (Å²) in [5.41, 5.74) is 0.571. The van der Waals surface area contributed by atoms with Crippen LogP contribution in [0.5, 0.6) is 0 Å². The minimum atomic E-state index is -0.755. The molecule has 2 atom stereocenters. The molecule has 0 aliphatic rings. The number of ether oxygens (including phenoxy) is 1. The normalized spacial score (nSPS) is 14.3. The van der Waals surface area contributed by atoms with E-state index in [1.54, 1.807) is 12.1 Å². The van der Waals surface area contributed by atoms with Gasteiger partial charge in [-0.25, -0.2) is 9.18 Å². The first-order valence-corrected chi connectivity index (χ1v) is 7.21. The number of aliphatic hydroxyl groups is 1. The van der Waals surface area contributed by atoms with Crippen LogP contribution in [-0.2, 0) is 4.74 Å². The predicted molar refractivity (Wildman–Crippen MR) is 83.0 cm³/mol. The molecule has 0 bridgehead atoms. The zero-order valence-corrected chi connectivity index (χ0v) is 13.5. The van der Waals surface area contributed by atoms with Gasteiger partial charge in [-0.15, -0.1) is 0 Å². The standard InChI is InChI=1S/C16H25FN2O3/c1-16(2,3)14(11-5-7-12(17)8-6-11)19-15(21)18-9-13(20)10-22-4/h5-8,13-14,20H,9-10H2,1-4H3,(H2,18,19,21). The Hall–Kier alpha value is -1.66. The van der Waals surface area contributed by atoms with Crippen LogP contribution in [0.15, 0.2) is 24.3 Å². The second kappa shape index (κ2) is 8.10. The first kappa shape index (κ1) is 18.4. The Kier molecular flexibility index (Phi) is 6.77. The van der Waals surface area contributed by atoms with E-state index in [0.717, 1.165) is 5.56 Å². The summed E-state index contributed by atoms with van der Waals surface area (Å²) in [6.07, 6.45) is -0.755. The maximum Gasteiger partial charge on any atom is 0.315 e.